The van der Waals surface area contributed by atoms with Crippen molar-refractivity contribution in [1.29, 1.82) is 0 Å². The molecule has 0 unspecified atom stereocenters. The first kappa shape index (κ1) is 23.9. The average Bonchev–Trinajstić information content (AvgIpc) is 3.11. The summed E-state index contributed by atoms with van der Waals surface area (Å²) in [5.41, 5.74) is 1.47. The maximum atomic E-state index is 14.1. The highest BCUT2D eigenvalue weighted by molar-refractivity contribution is 5.92. The number of nitrogens with one attached hydrogen (secondary N) is 2. The molecule has 2 saturated heterocycles. The molecule has 4 rings (SSSR count). The molecule has 2 aromatic rings. The molecule has 180 valence electrons. The van der Waals surface area contributed by atoms with Crippen LogP contribution in [0.5, 0.6) is 0 Å². The number of anilines is 1. The number of likely N-dealkylation sites (tertiary alicyclic amines) is 2. The summed E-state index contributed by atoms with van der Waals surface area (Å²) < 4.78 is 14.1. The van der Waals surface area contributed by atoms with E-state index in [-0.39, 0.29) is 41.9 Å². The van der Waals surface area contributed by atoms with E-state index in [1.165, 1.54) is 13.0 Å². The van der Waals surface area contributed by atoms with E-state index in [4.69, 9.17) is 0 Å². The molecule has 0 radical (unpaired) electrons. The van der Waals surface area contributed by atoms with Crippen molar-refractivity contribution in [3.63, 3.8) is 0 Å². The SMILES string of the molecule is CC(=O)N[C@@]12CCN(CC(=O)Nc3cc(C)ccc3F)C[C@@H]1[C@@H](c1ccccc1)N(C(C)=O)C2. The normalized spacial score (nSPS) is 24.4. The fraction of sp³-hybridized carbons (Fsp3) is 0.423. The molecule has 3 amide bonds. The van der Waals surface area contributed by atoms with Gasteiger partial charge < -0.3 is 15.5 Å². The molecule has 2 N–H and O–H groups in total. The number of benzene rings is 2. The van der Waals surface area contributed by atoms with Crippen molar-refractivity contribution in [2.45, 2.75) is 38.8 Å². The number of aryl methyl sites for hydroxylation is 1. The molecule has 7 nitrogen and oxygen atoms in total. The van der Waals surface area contributed by atoms with Gasteiger partial charge in [-0.05, 0) is 36.6 Å². The zero-order valence-electron chi connectivity index (χ0n) is 19.8. The first-order valence-electron chi connectivity index (χ1n) is 11.6. The van der Waals surface area contributed by atoms with Crippen LogP contribution in [0, 0.1) is 18.7 Å². The number of rotatable bonds is 5. The summed E-state index contributed by atoms with van der Waals surface area (Å²) in [6.45, 7) is 6.52. The lowest BCUT2D eigenvalue weighted by molar-refractivity contribution is -0.130. The third-order valence-corrected chi connectivity index (χ3v) is 6.94. The molecular formula is C26H31FN4O3. The fourth-order valence-corrected chi connectivity index (χ4v) is 5.49. The molecule has 8 heteroatoms. The number of fused-ring (bicyclic) bond motifs is 1. The second-order valence-corrected chi connectivity index (χ2v) is 9.46. The Balaban J connectivity index is 1.57. The predicted octanol–water partition coefficient (Wildman–Crippen LogP) is 2.87. The van der Waals surface area contributed by atoms with Gasteiger partial charge in [-0.3, -0.25) is 19.3 Å². The summed E-state index contributed by atoms with van der Waals surface area (Å²) in [4.78, 5) is 41.4. The highest BCUT2D eigenvalue weighted by Crippen LogP contribution is 2.47. The molecule has 2 heterocycles. The minimum atomic E-state index is -0.562. The molecule has 0 saturated carbocycles. The molecule has 0 spiro atoms. The largest absolute Gasteiger partial charge is 0.349 e. The van der Waals surface area contributed by atoms with Crippen LogP contribution < -0.4 is 10.6 Å². The summed E-state index contributed by atoms with van der Waals surface area (Å²) >= 11 is 0. The van der Waals surface area contributed by atoms with Gasteiger partial charge in [-0.25, -0.2) is 4.39 Å². The summed E-state index contributed by atoms with van der Waals surface area (Å²) in [5.74, 6) is -1.05. The van der Waals surface area contributed by atoms with Gasteiger partial charge >= 0.3 is 0 Å². The second-order valence-electron chi connectivity index (χ2n) is 9.46. The maximum absolute atomic E-state index is 14.1. The van der Waals surface area contributed by atoms with Crippen molar-refractivity contribution < 1.29 is 18.8 Å². The predicted molar refractivity (Wildman–Crippen MR) is 127 cm³/mol. The molecule has 0 aliphatic carbocycles. The summed E-state index contributed by atoms with van der Waals surface area (Å²) in [7, 11) is 0. The van der Waals surface area contributed by atoms with Gasteiger partial charge in [-0.1, -0.05) is 36.4 Å². The number of piperidine rings is 1. The molecule has 2 aromatic carbocycles. The Labute approximate surface area is 199 Å². The van der Waals surface area contributed by atoms with E-state index in [1.807, 2.05) is 47.1 Å². The molecule has 34 heavy (non-hydrogen) atoms. The zero-order valence-corrected chi connectivity index (χ0v) is 19.8. The van der Waals surface area contributed by atoms with E-state index in [0.29, 0.717) is 26.1 Å². The summed E-state index contributed by atoms with van der Waals surface area (Å²) in [5, 5.41) is 5.84. The third-order valence-electron chi connectivity index (χ3n) is 6.94. The van der Waals surface area contributed by atoms with Gasteiger partial charge in [0.1, 0.15) is 5.82 Å². The summed E-state index contributed by atoms with van der Waals surface area (Å²) in [6.07, 6.45) is 0.608. The van der Waals surface area contributed by atoms with E-state index >= 15 is 0 Å². The Bertz CT molecular complexity index is 1090. The van der Waals surface area contributed by atoms with E-state index < -0.39 is 11.4 Å². The topological polar surface area (TPSA) is 81.8 Å². The van der Waals surface area contributed by atoms with Crippen LogP contribution in [0.1, 0.15) is 37.4 Å². The fourth-order valence-electron chi connectivity index (χ4n) is 5.49. The Morgan fingerprint density at radius 2 is 1.85 bits per heavy atom. The van der Waals surface area contributed by atoms with Crippen LogP contribution in [-0.4, -0.2) is 59.2 Å². The van der Waals surface area contributed by atoms with Gasteiger partial charge in [0.05, 0.1) is 23.8 Å². The quantitative estimate of drug-likeness (QED) is 0.710. The van der Waals surface area contributed by atoms with E-state index in [9.17, 15) is 18.8 Å². The average molecular weight is 467 g/mol. The van der Waals surface area contributed by atoms with Crippen molar-refractivity contribution >= 4 is 23.4 Å². The van der Waals surface area contributed by atoms with E-state index in [0.717, 1.165) is 11.1 Å². The van der Waals surface area contributed by atoms with Gasteiger partial charge in [-0.2, -0.15) is 0 Å². The number of amides is 3. The van der Waals surface area contributed by atoms with Gasteiger partial charge in [0.2, 0.25) is 17.7 Å². The Hall–Kier alpha value is -3.26. The molecule has 2 aliphatic rings. The smallest absolute Gasteiger partial charge is 0.238 e. The number of carbonyl (C=O) groups is 3. The molecular weight excluding hydrogens is 435 g/mol. The zero-order chi connectivity index (χ0) is 24.5. The lowest BCUT2D eigenvalue weighted by Crippen LogP contribution is -2.61. The molecule has 2 fully saturated rings. The van der Waals surface area contributed by atoms with Gasteiger partial charge in [-0.15, -0.1) is 0 Å². The van der Waals surface area contributed by atoms with Crippen molar-refractivity contribution in [3.05, 3.63) is 65.5 Å². The van der Waals surface area contributed by atoms with Crippen molar-refractivity contribution in [2.75, 3.05) is 31.5 Å². The van der Waals surface area contributed by atoms with E-state index in [1.54, 1.807) is 19.1 Å². The minimum absolute atomic E-state index is 0.0489. The number of carbonyl (C=O) groups excluding carboxylic acids is 3. The van der Waals surface area contributed by atoms with Crippen LogP contribution in [0.15, 0.2) is 48.5 Å². The monoisotopic (exact) mass is 466 g/mol. The number of nitrogens with zero attached hydrogens (tertiary/aromatic N) is 2. The first-order chi connectivity index (χ1) is 16.2. The van der Waals surface area contributed by atoms with Gasteiger partial charge in [0.25, 0.3) is 0 Å². The lowest BCUT2D eigenvalue weighted by Gasteiger charge is -2.44. The molecule has 0 aromatic heterocycles. The number of halogens is 1. The van der Waals surface area contributed by atoms with Crippen molar-refractivity contribution in [3.8, 4) is 0 Å². The molecule has 0 bridgehead atoms. The highest BCUT2D eigenvalue weighted by atomic mass is 19.1. The van der Waals surface area contributed by atoms with Crippen LogP contribution in [0.3, 0.4) is 0 Å². The number of hydrogen-bond acceptors (Lipinski definition) is 4. The van der Waals surface area contributed by atoms with E-state index in [2.05, 4.69) is 10.6 Å². The highest BCUT2D eigenvalue weighted by Gasteiger charge is 2.56. The minimum Gasteiger partial charge on any atom is -0.349 e. The Morgan fingerprint density at radius 1 is 1.12 bits per heavy atom. The number of hydrogen-bond donors (Lipinski definition) is 2. The Morgan fingerprint density at radius 3 is 2.53 bits per heavy atom. The lowest BCUT2D eigenvalue weighted by atomic mass is 9.75. The molecule has 3 atom stereocenters. The van der Waals surface area contributed by atoms with Crippen LogP contribution in [-0.2, 0) is 14.4 Å². The standard InChI is InChI=1S/C26H31FN4O3/c1-17-9-10-22(27)23(13-17)28-24(34)15-30-12-11-26(29-18(2)32)16-31(19(3)33)25(21(26)14-30)20-7-5-4-6-8-20/h4-10,13,21,25H,11-12,14-16H2,1-3H3,(H,28,34)(H,29,32)/t21-,25-,26-/m1/s1. The van der Waals surface area contributed by atoms with Crippen LogP contribution in [0.4, 0.5) is 10.1 Å². The van der Waals surface area contributed by atoms with Crippen LogP contribution >= 0.6 is 0 Å². The Kier molecular flexibility index (Phi) is 6.70. The van der Waals surface area contributed by atoms with Crippen LogP contribution in [0.2, 0.25) is 0 Å². The first-order valence-corrected chi connectivity index (χ1v) is 11.6. The van der Waals surface area contributed by atoms with Crippen molar-refractivity contribution in [2.24, 2.45) is 5.92 Å². The molecule has 2 aliphatic heterocycles. The van der Waals surface area contributed by atoms with Crippen molar-refractivity contribution in [1.82, 2.24) is 15.1 Å². The van der Waals surface area contributed by atoms with Crippen LogP contribution in [0.25, 0.3) is 0 Å². The third kappa shape index (κ3) is 4.82. The second kappa shape index (κ2) is 9.54. The van der Waals surface area contributed by atoms with Gasteiger partial charge in [0.15, 0.2) is 0 Å². The maximum Gasteiger partial charge on any atom is 0.238 e. The van der Waals surface area contributed by atoms with Gasteiger partial charge in [0, 0.05) is 39.4 Å². The summed E-state index contributed by atoms with van der Waals surface area (Å²) in [6, 6.07) is 14.2.